The quantitative estimate of drug-likeness (QED) is 0.885. The molecule has 0 spiro atoms. The molecule has 0 bridgehead atoms. The molecule has 2 rings (SSSR count). The van der Waals surface area contributed by atoms with E-state index in [0.717, 1.165) is 13.1 Å². The maximum Gasteiger partial charge on any atom is 0.0328 e. The van der Waals surface area contributed by atoms with Gasteiger partial charge in [0.25, 0.3) is 0 Å². The van der Waals surface area contributed by atoms with Crippen molar-refractivity contribution in [2.75, 3.05) is 18.8 Å². The summed E-state index contributed by atoms with van der Waals surface area (Å²) in [5.74, 6) is 1.26. The molecule has 0 aliphatic carbocycles. The van der Waals surface area contributed by atoms with E-state index >= 15 is 0 Å². The van der Waals surface area contributed by atoms with E-state index in [0.29, 0.717) is 4.75 Å². The molecule has 21 heavy (non-hydrogen) atoms. The summed E-state index contributed by atoms with van der Waals surface area (Å²) >= 11 is 4.09. The Morgan fingerprint density at radius 3 is 2.62 bits per heavy atom. The minimum Gasteiger partial charge on any atom is -0.307 e. The molecule has 0 unspecified atom stereocenters. The SMILES string of the molecule is CC(C)(C)NCc1ccc(CN2CCSC(C)(C)CC2)s1. The van der Waals surface area contributed by atoms with Gasteiger partial charge in [-0.05, 0) is 45.9 Å². The number of thiophene rings is 1. The molecular formula is C17H30N2S2. The van der Waals surface area contributed by atoms with Crippen LogP contribution in [0, 0.1) is 0 Å². The van der Waals surface area contributed by atoms with E-state index in [1.165, 1.54) is 35.0 Å². The van der Waals surface area contributed by atoms with E-state index in [4.69, 9.17) is 0 Å². The first-order valence-corrected chi connectivity index (χ1v) is 9.73. The van der Waals surface area contributed by atoms with Crippen molar-refractivity contribution in [3.8, 4) is 0 Å². The van der Waals surface area contributed by atoms with Crippen LogP contribution < -0.4 is 5.32 Å². The van der Waals surface area contributed by atoms with Crippen molar-refractivity contribution in [3.63, 3.8) is 0 Å². The standard InChI is InChI=1S/C17H30N2S2/c1-16(2,3)18-12-14-6-7-15(21-14)13-19-9-8-17(4,5)20-11-10-19/h6-7,18H,8-13H2,1-5H3. The third-order valence-corrected chi connectivity index (χ3v) is 6.26. The Morgan fingerprint density at radius 1 is 1.19 bits per heavy atom. The van der Waals surface area contributed by atoms with Crippen molar-refractivity contribution in [1.82, 2.24) is 10.2 Å². The summed E-state index contributed by atoms with van der Waals surface area (Å²) in [7, 11) is 0. The third kappa shape index (κ3) is 6.31. The van der Waals surface area contributed by atoms with E-state index in [-0.39, 0.29) is 5.54 Å². The summed E-state index contributed by atoms with van der Waals surface area (Å²) in [4.78, 5) is 5.57. The van der Waals surface area contributed by atoms with E-state index in [2.05, 4.69) is 68.7 Å². The molecule has 0 atom stereocenters. The fraction of sp³-hybridized carbons (Fsp3) is 0.765. The van der Waals surface area contributed by atoms with Crippen LogP contribution in [0.1, 0.15) is 50.8 Å². The van der Waals surface area contributed by atoms with Gasteiger partial charge in [0, 0.05) is 45.4 Å². The summed E-state index contributed by atoms with van der Waals surface area (Å²) < 4.78 is 0.450. The van der Waals surface area contributed by atoms with Crippen molar-refractivity contribution in [2.24, 2.45) is 0 Å². The molecule has 1 aromatic heterocycles. The minimum atomic E-state index is 0.192. The summed E-state index contributed by atoms with van der Waals surface area (Å²) in [6.45, 7) is 16.0. The van der Waals surface area contributed by atoms with Crippen LogP contribution in [-0.2, 0) is 13.1 Å². The van der Waals surface area contributed by atoms with Gasteiger partial charge in [0.15, 0.2) is 0 Å². The topological polar surface area (TPSA) is 15.3 Å². The van der Waals surface area contributed by atoms with Gasteiger partial charge in [0.05, 0.1) is 0 Å². The zero-order valence-corrected chi connectivity index (χ0v) is 15.8. The van der Waals surface area contributed by atoms with Gasteiger partial charge in [-0.1, -0.05) is 13.8 Å². The average molecular weight is 327 g/mol. The second-order valence-electron chi connectivity index (χ2n) is 7.61. The predicted molar refractivity (Wildman–Crippen MR) is 97.3 cm³/mol. The molecule has 0 radical (unpaired) electrons. The van der Waals surface area contributed by atoms with Crippen LogP contribution in [0.25, 0.3) is 0 Å². The molecule has 1 saturated heterocycles. The van der Waals surface area contributed by atoms with E-state index in [1.54, 1.807) is 0 Å². The maximum atomic E-state index is 3.57. The van der Waals surface area contributed by atoms with E-state index in [1.807, 2.05) is 11.3 Å². The van der Waals surface area contributed by atoms with E-state index in [9.17, 15) is 0 Å². The Balaban J connectivity index is 1.85. The van der Waals surface area contributed by atoms with Crippen LogP contribution in [0.4, 0.5) is 0 Å². The summed E-state index contributed by atoms with van der Waals surface area (Å²) in [5.41, 5.74) is 0.192. The summed E-state index contributed by atoms with van der Waals surface area (Å²) in [6.07, 6.45) is 1.29. The lowest BCUT2D eigenvalue weighted by atomic mass is 10.1. The highest BCUT2D eigenvalue weighted by atomic mass is 32.2. The van der Waals surface area contributed by atoms with Crippen LogP contribution in [0.3, 0.4) is 0 Å². The number of thioether (sulfide) groups is 1. The minimum absolute atomic E-state index is 0.192. The van der Waals surface area contributed by atoms with E-state index < -0.39 is 0 Å². The fourth-order valence-corrected chi connectivity index (χ4v) is 4.53. The molecular weight excluding hydrogens is 296 g/mol. The molecule has 1 aliphatic heterocycles. The van der Waals surface area contributed by atoms with Crippen LogP contribution in [0.2, 0.25) is 0 Å². The second kappa shape index (κ2) is 7.03. The number of nitrogens with zero attached hydrogens (tertiary/aromatic N) is 1. The maximum absolute atomic E-state index is 3.57. The first-order valence-electron chi connectivity index (χ1n) is 7.92. The molecule has 2 heterocycles. The summed E-state index contributed by atoms with van der Waals surface area (Å²) in [5, 5.41) is 3.57. The van der Waals surface area contributed by atoms with Crippen molar-refractivity contribution in [1.29, 1.82) is 0 Å². The second-order valence-corrected chi connectivity index (χ2v) is 10.7. The lowest BCUT2D eigenvalue weighted by Crippen LogP contribution is -2.34. The Hall–Kier alpha value is -0.0300. The monoisotopic (exact) mass is 326 g/mol. The van der Waals surface area contributed by atoms with Crippen LogP contribution >= 0.6 is 23.1 Å². The van der Waals surface area contributed by atoms with Gasteiger partial charge in [-0.3, -0.25) is 4.90 Å². The van der Waals surface area contributed by atoms with Gasteiger partial charge in [0.1, 0.15) is 0 Å². The Kier molecular flexibility index (Phi) is 5.80. The highest BCUT2D eigenvalue weighted by Crippen LogP contribution is 2.31. The molecule has 0 amide bonds. The van der Waals surface area contributed by atoms with Crippen molar-refractivity contribution < 1.29 is 0 Å². The zero-order valence-electron chi connectivity index (χ0n) is 14.2. The first-order chi connectivity index (χ1) is 9.73. The molecule has 2 nitrogen and oxygen atoms in total. The van der Waals surface area contributed by atoms with Crippen molar-refractivity contribution in [2.45, 2.75) is 64.4 Å². The van der Waals surface area contributed by atoms with Crippen LogP contribution in [-0.4, -0.2) is 34.0 Å². The predicted octanol–water partition coefficient (Wildman–Crippen LogP) is 4.35. The molecule has 1 fully saturated rings. The smallest absolute Gasteiger partial charge is 0.0328 e. The Morgan fingerprint density at radius 2 is 1.90 bits per heavy atom. The van der Waals surface area contributed by atoms with Gasteiger partial charge in [-0.15, -0.1) is 11.3 Å². The molecule has 4 heteroatoms. The molecule has 0 saturated carbocycles. The Labute approximate surface area is 138 Å². The van der Waals surface area contributed by atoms with Gasteiger partial charge in [0.2, 0.25) is 0 Å². The van der Waals surface area contributed by atoms with Crippen LogP contribution in [0.5, 0.6) is 0 Å². The van der Waals surface area contributed by atoms with Crippen molar-refractivity contribution >= 4 is 23.1 Å². The average Bonchev–Trinajstić information content (AvgIpc) is 2.73. The molecule has 1 aromatic rings. The zero-order chi connectivity index (χ0) is 15.5. The van der Waals surface area contributed by atoms with Gasteiger partial charge in [-0.2, -0.15) is 11.8 Å². The van der Waals surface area contributed by atoms with Crippen molar-refractivity contribution in [3.05, 3.63) is 21.9 Å². The number of hydrogen-bond acceptors (Lipinski definition) is 4. The Bertz CT molecular complexity index is 446. The lowest BCUT2D eigenvalue weighted by Gasteiger charge is -2.22. The highest BCUT2D eigenvalue weighted by molar-refractivity contribution is 8.00. The third-order valence-electron chi connectivity index (χ3n) is 3.82. The number of nitrogens with one attached hydrogen (secondary N) is 1. The molecule has 0 aromatic carbocycles. The van der Waals surface area contributed by atoms with Gasteiger partial charge >= 0.3 is 0 Å². The lowest BCUT2D eigenvalue weighted by molar-refractivity contribution is 0.278. The number of hydrogen-bond donors (Lipinski definition) is 1. The van der Waals surface area contributed by atoms with Gasteiger partial charge in [-0.25, -0.2) is 0 Å². The molecule has 120 valence electrons. The highest BCUT2D eigenvalue weighted by Gasteiger charge is 2.23. The summed E-state index contributed by atoms with van der Waals surface area (Å²) in [6, 6.07) is 4.60. The molecule has 1 aliphatic rings. The number of rotatable bonds is 4. The first kappa shape index (κ1) is 17.3. The molecule has 1 N–H and O–H groups in total. The largest absolute Gasteiger partial charge is 0.307 e. The van der Waals surface area contributed by atoms with Gasteiger partial charge < -0.3 is 5.32 Å². The fourth-order valence-electron chi connectivity index (χ4n) is 2.40. The van der Waals surface area contributed by atoms with Crippen LogP contribution in [0.15, 0.2) is 12.1 Å². The normalized spacial score (nSPS) is 20.4.